The maximum atomic E-state index is 5.43. The van der Waals surface area contributed by atoms with E-state index >= 15 is 0 Å². The van der Waals surface area contributed by atoms with Gasteiger partial charge in [0.25, 0.3) is 0 Å². The Bertz CT molecular complexity index is 578. The molecule has 0 aliphatic heterocycles. The monoisotopic (exact) mass is 290 g/mol. The third-order valence-corrected chi connectivity index (χ3v) is 4.50. The maximum absolute atomic E-state index is 5.43. The van der Waals surface area contributed by atoms with Crippen LogP contribution >= 0.6 is 11.3 Å². The quantitative estimate of drug-likeness (QED) is 0.895. The SMILES string of the molecule is CNC(C)c1nc(-c2ccc(OC)c(C(C)C)c2)cs1. The Morgan fingerprint density at radius 2 is 2.00 bits per heavy atom. The highest BCUT2D eigenvalue weighted by atomic mass is 32.1. The molecule has 0 radical (unpaired) electrons. The summed E-state index contributed by atoms with van der Waals surface area (Å²) in [6, 6.07) is 6.59. The molecule has 1 aromatic carbocycles. The first-order chi connectivity index (χ1) is 9.56. The van der Waals surface area contributed by atoms with E-state index in [-0.39, 0.29) is 6.04 Å². The maximum Gasteiger partial charge on any atom is 0.122 e. The van der Waals surface area contributed by atoms with E-state index < -0.39 is 0 Å². The highest BCUT2D eigenvalue weighted by Crippen LogP contribution is 2.32. The fraction of sp³-hybridized carbons (Fsp3) is 0.438. The van der Waals surface area contributed by atoms with Crippen LogP contribution in [-0.2, 0) is 0 Å². The second-order valence-corrected chi connectivity index (χ2v) is 6.08. The minimum Gasteiger partial charge on any atom is -0.496 e. The number of nitrogens with one attached hydrogen (secondary N) is 1. The van der Waals surface area contributed by atoms with Crippen molar-refractivity contribution < 1.29 is 4.74 Å². The molecule has 1 N–H and O–H groups in total. The van der Waals surface area contributed by atoms with Crippen LogP contribution in [0, 0.1) is 0 Å². The Kier molecular flexibility index (Phi) is 4.78. The first-order valence-corrected chi connectivity index (χ1v) is 7.75. The molecule has 108 valence electrons. The van der Waals surface area contributed by atoms with Gasteiger partial charge in [-0.25, -0.2) is 4.98 Å². The fourth-order valence-corrected chi connectivity index (χ4v) is 2.98. The van der Waals surface area contributed by atoms with Gasteiger partial charge in [-0.1, -0.05) is 13.8 Å². The van der Waals surface area contributed by atoms with E-state index in [0.717, 1.165) is 22.0 Å². The molecule has 0 spiro atoms. The van der Waals surface area contributed by atoms with Gasteiger partial charge < -0.3 is 10.1 Å². The lowest BCUT2D eigenvalue weighted by molar-refractivity contribution is 0.407. The first kappa shape index (κ1) is 15.0. The Labute approximate surface area is 125 Å². The molecule has 0 amide bonds. The van der Waals surface area contributed by atoms with Crippen LogP contribution in [0.5, 0.6) is 5.75 Å². The van der Waals surface area contributed by atoms with E-state index in [1.165, 1.54) is 5.56 Å². The summed E-state index contributed by atoms with van der Waals surface area (Å²) >= 11 is 1.70. The van der Waals surface area contributed by atoms with Crippen molar-refractivity contribution in [3.63, 3.8) is 0 Å². The van der Waals surface area contributed by atoms with Crippen LogP contribution in [0.4, 0.5) is 0 Å². The number of ether oxygens (including phenoxy) is 1. The van der Waals surface area contributed by atoms with Crippen molar-refractivity contribution in [2.45, 2.75) is 32.7 Å². The average molecular weight is 290 g/mol. The first-order valence-electron chi connectivity index (χ1n) is 6.87. The molecule has 1 heterocycles. The highest BCUT2D eigenvalue weighted by molar-refractivity contribution is 7.10. The highest BCUT2D eigenvalue weighted by Gasteiger charge is 2.13. The lowest BCUT2D eigenvalue weighted by atomic mass is 9.98. The average Bonchev–Trinajstić information content (AvgIpc) is 2.95. The van der Waals surface area contributed by atoms with Gasteiger partial charge in [-0.15, -0.1) is 11.3 Å². The number of methoxy groups -OCH3 is 1. The van der Waals surface area contributed by atoms with Gasteiger partial charge >= 0.3 is 0 Å². The van der Waals surface area contributed by atoms with Gasteiger partial charge in [0, 0.05) is 10.9 Å². The molecule has 20 heavy (non-hydrogen) atoms. The number of hydrogen-bond acceptors (Lipinski definition) is 4. The summed E-state index contributed by atoms with van der Waals surface area (Å²) < 4.78 is 5.43. The van der Waals surface area contributed by atoms with E-state index in [9.17, 15) is 0 Å². The second-order valence-electron chi connectivity index (χ2n) is 5.19. The second kappa shape index (κ2) is 6.37. The summed E-state index contributed by atoms with van der Waals surface area (Å²) in [5.41, 5.74) is 3.41. The molecule has 0 fully saturated rings. The van der Waals surface area contributed by atoms with Crippen molar-refractivity contribution in [3.8, 4) is 17.0 Å². The van der Waals surface area contributed by atoms with E-state index in [1.54, 1.807) is 18.4 Å². The molecule has 0 aliphatic rings. The van der Waals surface area contributed by atoms with Crippen LogP contribution in [0.25, 0.3) is 11.3 Å². The zero-order valence-corrected chi connectivity index (χ0v) is 13.5. The van der Waals surface area contributed by atoms with E-state index in [4.69, 9.17) is 9.72 Å². The number of hydrogen-bond donors (Lipinski definition) is 1. The van der Waals surface area contributed by atoms with Gasteiger partial charge in [0.05, 0.1) is 18.8 Å². The number of benzene rings is 1. The van der Waals surface area contributed by atoms with Crippen molar-refractivity contribution in [1.29, 1.82) is 0 Å². The van der Waals surface area contributed by atoms with E-state index in [1.807, 2.05) is 13.1 Å². The summed E-state index contributed by atoms with van der Waals surface area (Å²) in [4.78, 5) is 4.72. The van der Waals surface area contributed by atoms with Gasteiger partial charge in [-0.2, -0.15) is 0 Å². The topological polar surface area (TPSA) is 34.2 Å². The minimum atomic E-state index is 0.288. The Hall–Kier alpha value is -1.39. The van der Waals surface area contributed by atoms with Crippen molar-refractivity contribution in [2.24, 2.45) is 0 Å². The Balaban J connectivity index is 2.38. The largest absolute Gasteiger partial charge is 0.496 e. The van der Waals surface area contributed by atoms with Crippen LogP contribution in [0.3, 0.4) is 0 Å². The van der Waals surface area contributed by atoms with E-state index in [0.29, 0.717) is 5.92 Å². The minimum absolute atomic E-state index is 0.288. The molecule has 0 aliphatic carbocycles. The third-order valence-electron chi connectivity index (χ3n) is 3.47. The standard InChI is InChI=1S/C16H22N2OS/c1-10(2)13-8-12(6-7-15(13)19-5)14-9-20-16(18-14)11(3)17-4/h6-11,17H,1-5H3. The van der Waals surface area contributed by atoms with Crippen LogP contribution in [0.15, 0.2) is 23.6 Å². The number of aromatic nitrogens is 1. The molecule has 2 rings (SSSR count). The van der Waals surface area contributed by atoms with Crippen molar-refractivity contribution in [2.75, 3.05) is 14.2 Å². The molecule has 0 saturated heterocycles. The molecule has 1 unspecified atom stereocenters. The predicted octanol–water partition coefficient (Wildman–Crippen LogP) is 4.22. The van der Waals surface area contributed by atoms with Gasteiger partial charge in [0.2, 0.25) is 0 Å². The zero-order chi connectivity index (χ0) is 14.7. The smallest absolute Gasteiger partial charge is 0.122 e. The Morgan fingerprint density at radius 3 is 2.60 bits per heavy atom. The number of nitrogens with zero attached hydrogens (tertiary/aromatic N) is 1. The van der Waals surface area contributed by atoms with Crippen molar-refractivity contribution in [3.05, 3.63) is 34.2 Å². The fourth-order valence-electron chi connectivity index (χ4n) is 2.09. The van der Waals surface area contributed by atoms with E-state index in [2.05, 4.69) is 43.6 Å². The summed E-state index contributed by atoms with van der Waals surface area (Å²) in [5.74, 6) is 1.38. The van der Waals surface area contributed by atoms with Gasteiger partial charge in [-0.3, -0.25) is 0 Å². The lowest BCUT2D eigenvalue weighted by Crippen LogP contribution is -2.11. The molecule has 2 aromatic rings. The normalized spacial score (nSPS) is 12.7. The molecule has 0 bridgehead atoms. The van der Waals surface area contributed by atoms with Gasteiger partial charge in [-0.05, 0) is 43.7 Å². The molecular weight excluding hydrogens is 268 g/mol. The summed E-state index contributed by atoms with van der Waals surface area (Å²) in [7, 11) is 3.67. The van der Waals surface area contributed by atoms with Crippen molar-refractivity contribution >= 4 is 11.3 Å². The number of thiazole rings is 1. The van der Waals surface area contributed by atoms with Crippen LogP contribution in [-0.4, -0.2) is 19.1 Å². The molecule has 0 saturated carbocycles. The Morgan fingerprint density at radius 1 is 1.25 bits per heavy atom. The predicted molar refractivity (Wildman–Crippen MR) is 85.7 cm³/mol. The summed E-state index contributed by atoms with van der Waals surface area (Å²) in [5, 5.41) is 6.46. The summed E-state index contributed by atoms with van der Waals surface area (Å²) in [6.07, 6.45) is 0. The molecule has 3 nitrogen and oxygen atoms in total. The number of rotatable bonds is 5. The summed E-state index contributed by atoms with van der Waals surface area (Å²) in [6.45, 7) is 6.48. The molecule has 1 aromatic heterocycles. The van der Waals surface area contributed by atoms with Gasteiger partial charge in [0.1, 0.15) is 10.8 Å². The molecular formula is C16H22N2OS. The molecule has 4 heteroatoms. The zero-order valence-electron chi connectivity index (χ0n) is 12.7. The van der Waals surface area contributed by atoms with Crippen molar-refractivity contribution in [1.82, 2.24) is 10.3 Å². The van der Waals surface area contributed by atoms with Gasteiger partial charge in [0.15, 0.2) is 0 Å². The molecule has 1 atom stereocenters. The van der Waals surface area contributed by atoms with Crippen LogP contribution in [0.2, 0.25) is 0 Å². The third kappa shape index (κ3) is 3.02. The van der Waals surface area contributed by atoms with Crippen LogP contribution < -0.4 is 10.1 Å². The lowest BCUT2D eigenvalue weighted by Gasteiger charge is -2.13. The van der Waals surface area contributed by atoms with Crippen LogP contribution in [0.1, 0.15) is 43.3 Å².